The molecule has 2 aliphatic rings. The molecule has 0 saturated heterocycles. The second-order valence-corrected chi connectivity index (χ2v) is 5.19. The standard InChI is InChI=1S/C15H17N3O2/c1-2-12(15-13(3-1)19-8-9-20-15)10-17-6-7-18-5-4-16-14(18)11-17/h1-5H,6-11H2. The second kappa shape index (κ2) is 4.83. The van der Waals surface area contributed by atoms with Crippen LogP contribution in [0.3, 0.4) is 0 Å². The van der Waals surface area contributed by atoms with Gasteiger partial charge in [-0.15, -0.1) is 0 Å². The van der Waals surface area contributed by atoms with E-state index in [0.717, 1.165) is 43.5 Å². The zero-order valence-electron chi connectivity index (χ0n) is 11.3. The van der Waals surface area contributed by atoms with Crippen molar-refractivity contribution in [3.8, 4) is 11.5 Å². The maximum absolute atomic E-state index is 5.78. The minimum atomic E-state index is 0.633. The van der Waals surface area contributed by atoms with Crippen LogP contribution in [-0.2, 0) is 19.6 Å². The van der Waals surface area contributed by atoms with Gasteiger partial charge in [0.1, 0.15) is 19.0 Å². The molecule has 0 atom stereocenters. The highest BCUT2D eigenvalue weighted by Gasteiger charge is 2.20. The van der Waals surface area contributed by atoms with E-state index in [1.165, 1.54) is 5.56 Å². The SMILES string of the molecule is c1cc(CN2CCn3ccnc3C2)c2c(c1)OCCO2. The predicted molar refractivity (Wildman–Crippen MR) is 73.8 cm³/mol. The van der Waals surface area contributed by atoms with Crippen molar-refractivity contribution in [1.82, 2.24) is 14.5 Å². The summed E-state index contributed by atoms with van der Waals surface area (Å²) < 4.78 is 13.6. The fourth-order valence-electron chi connectivity index (χ4n) is 2.86. The van der Waals surface area contributed by atoms with Gasteiger partial charge < -0.3 is 14.0 Å². The molecule has 2 aromatic rings. The van der Waals surface area contributed by atoms with Crippen LogP contribution < -0.4 is 9.47 Å². The van der Waals surface area contributed by atoms with Crippen molar-refractivity contribution in [3.05, 3.63) is 42.0 Å². The van der Waals surface area contributed by atoms with E-state index in [1.807, 2.05) is 24.5 Å². The van der Waals surface area contributed by atoms with E-state index >= 15 is 0 Å². The Labute approximate surface area is 117 Å². The molecule has 0 amide bonds. The van der Waals surface area contributed by atoms with E-state index in [1.54, 1.807) is 0 Å². The Morgan fingerprint density at radius 1 is 1.15 bits per heavy atom. The van der Waals surface area contributed by atoms with Gasteiger partial charge in [-0.3, -0.25) is 4.90 Å². The number of para-hydroxylation sites is 1. The average Bonchev–Trinajstić information content (AvgIpc) is 2.95. The third kappa shape index (κ3) is 2.04. The van der Waals surface area contributed by atoms with Gasteiger partial charge >= 0.3 is 0 Å². The fraction of sp³-hybridized carbons (Fsp3) is 0.400. The molecule has 1 aromatic carbocycles. The van der Waals surface area contributed by atoms with Gasteiger partial charge in [0.2, 0.25) is 0 Å². The van der Waals surface area contributed by atoms with Crippen LogP contribution in [-0.4, -0.2) is 34.2 Å². The first-order chi connectivity index (χ1) is 9.90. The van der Waals surface area contributed by atoms with Crippen LogP contribution in [0.15, 0.2) is 30.6 Å². The van der Waals surface area contributed by atoms with E-state index in [0.29, 0.717) is 13.2 Å². The van der Waals surface area contributed by atoms with Crippen molar-refractivity contribution in [2.45, 2.75) is 19.6 Å². The van der Waals surface area contributed by atoms with Crippen molar-refractivity contribution in [2.24, 2.45) is 0 Å². The highest BCUT2D eigenvalue weighted by atomic mass is 16.6. The molecule has 0 fully saturated rings. The number of benzene rings is 1. The quantitative estimate of drug-likeness (QED) is 0.833. The molecule has 0 unspecified atom stereocenters. The number of hydrogen-bond acceptors (Lipinski definition) is 4. The Hall–Kier alpha value is -2.01. The molecular formula is C15H17N3O2. The van der Waals surface area contributed by atoms with Crippen molar-refractivity contribution in [3.63, 3.8) is 0 Å². The number of ether oxygens (including phenoxy) is 2. The molecule has 0 bridgehead atoms. The van der Waals surface area contributed by atoms with E-state index in [4.69, 9.17) is 9.47 Å². The highest BCUT2D eigenvalue weighted by molar-refractivity contribution is 5.47. The Balaban J connectivity index is 1.55. The Morgan fingerprint density at radius 2 is 2.10 bits per heavy atom. The van der Waals surface area contributed by atoms with Crippen LogP contribution in [0.5, 0.6) is 11.5 Å². The van der Waals surface area contributed by atoms with Crippen LogP contribution in [0.2, 0.25) is 0 Å². The number of aromatic nitrogens is 2. The summed E-state index contributed by atoms with van der Waals surface area (Å²) in [6, 6.07) is 6.13. The summed E-state index contributed by atoms with van der Waals surface area (Å²) in [6.45, 7) is 5.07. The minimum absolute atomic E-state index is 0.633. The molecule has 5 heteroatoms. The normalized spacial score (nSPS) is 17.8. The zero-order chi connectivity index (χ0) is 13.4. The molecule has 0 spiro atoms. The maximum atomic E-state index is 5.78. The van der Waals surface area contributed by atoms with Crippen LogP contribution in [0.4, 0.5) is 0 Å². The number of nitrogens with zero attached hydrogens (tertiary/aromatic N) is 3. The number of imidazole rings is 1. The number of hydrogen-bond donors (Lipinski definition) is 0. The number of rotatable bonds is 2. The first-order valence-electron chi connectivity index (χ1n) is 7.00. The molecule has 5 nitrogen and oxygen atoms in total. The molecule has 1 aromatic heterocycles. The maximum Gasteiger partial charge on any atom is 0.165 e. The first kappa shape index (κ1) is 11.8. The lowest BCUT2D eigenvalue weighted by Gasteiger charge is -2.29. The van der Waals surface area contributed by atoms with Gasteiger partial charge in [-0.05, 0) is 6.07 Å². The van der Waals surface area contributed by atoms with Crippen LogP contribution in [0.1, 0.15) is 11.4 Å². The molecule has 2 aliphatic heterocycles. The lowest BCUT2D eigenvalue weighted by molar-refractivity contribution is 0.162. The van der Waals surface area contributed by atoms with Gasteiger partial charge in [0, 0.05) is 37.6 Å². The molecule has 0 radical (unpaired) electrons. The van der Waals surface area contributed by atoms with Gasteiger partial charge in [-0.1, -0.05) is 12.1 Å². The molecule has 20 heavy (non-hydrogen) atoms. The monoisotopic (exact) mass is 271 g/mol. The first-order valence-corrected chi connectivity index (χ1v) is 7.00. The minimum Gasteiger partial charge on any atom is -0.486 e. The summed E-state index contributed by atoms with van der Waals surface area (Å²) in [7, 11) is 0. The lowest BCUT2D eigenvalue weighted by atomic mass is 10.1. The largest absolute Gasteiger partial charge is 0.486 e. The fourth-order valence-corrected chi connectivity index (χ4v) is 2.86. The Morgan fingerprint density at radius 3 is 3.10 bits per heavy atom. The van der Waals surface area contributed by atoms with Crippen LogP contribution >= 0.6 is 0 Å². The molecule has 104 valence electrons. The summed E-state index contributed by atoms with van der Waals surface area (Å²) in [5.41, 5.74) is 1.20. The van der Waals surface area contributed by atoms with Crippen molar-refractivity contribution >= 4 is 0 Å². The summed E-state index contributed by atoms with van der Waals surface area (Å²) >= 11 is 0. The van der Waals surface area contributed by atoms with Crippen LogP contribution in [0, 0.1) is 0 Å². The van der Waals surface area contributed by atoms with Gasteiger partial charge in [0.05, 0.1) is 6.54 Å². The van der Waals surface area contributed by atoms with E-state index in [2.05, 4.69) is 20.5 Å². The summed E-state index contributed by atoms with van der Waals surface area (Å²) in [5.74, 6) is 2.91. The topological polar surface area (TPSA) is 39.5 Å². The van der Waals surface area contributed by atoms with Gasteiger partial charge in [0.15, 0.2) is 11.5 Å². The van der Waals surface area contributed by atoms with Gasteiger partial charge in [0.25, 0.3) is 0 Å². The summed E-state index contributed by atoms with van der Waals surface area (Å²) in [6.07, 6.45) is 3.92. The van der Waals surface area contributed by atoms with E-state index in [9.17, 15) is 0 Å². The molecule has 4 rings (SSSR count). The lowest BCUT2D eigenvalue weighted by Crippen LogP contribution is -2.33. The van der Waals surface area contributed by atoms with E-state index in [-0.39, 0.29) is 0 Å². The smallest absolute Gasteiger partial charge is 0.165 e. The van der Waals surface area contributed by atoms with Crippen molar-refractivity contribution in [2.75, 3.05) is 19.8 Å². The van der Waals surface area contributed by atoms with Crippen molar-refractivity contribution < 1.29 is 9.47 Å². The molecule has 0 aliphatic carbocycles. The molecular weight excluding hydrogens is 254 g/mol. The van der Waals surface area contributed by atoms with Crippen LogP contribution in [0.25, 0.3) is 0 Å². The third-order valence-electron chi connectivity index (χ3n) is 3.87. The zero-order valence-corrected chi connectivity index (χ0v) is 11.3. The Kier molecular flexibility index (Phi) is 2.85. The molecule has 0 saturated carbocycles. The van der Waals surface area contributed by atoms with Gasteiger partial charge in [-0.2, -0.15) is 0 Å². The highest BCUT2D eigenvalue weighted by Crippen LogP contribution is 2.34. The number of fused-ring (bicyclic) bond motifs is 2. The third-order valence-corrected chi connectivity index (χ3v) is 3.87. The molecule has 0 N–H and O–H groups in total. The van der Waals surface area contributed by atoms with Crippen molar-refractivity contribution in [1.29, 1.82) is 0 Å². The predicted octanol–water partition coefficient (Wildman–Crippen LogP) is 1.67. The van der Waals surface area contributed by atoms with E-state index < -0.39 is 0 Å². The summed E-state index contributed by atoms with van der Waals surface area (Å²) in [4.78, 5) is 6.80. The summed E-state index contributed by atoms with van der Waals surface area (Å²) in [5, 5.41) is 0. The average molecular weight is 271 g/mol. The van der Waals surface area contributed by atoms with Gasteiger partial charge in [-0.25, -0.2) is 4.98 Å². The Bertz CT molecular complexity index is 623. The molecule has 3 heterocycles. The second-order valence-electron chi connectivity index (χ2n) is 5.19.